The highest BCUT2D eigenvalue weighted by atomic mass is 16.5. The molecular weight excluding hydrogens is 234 g/mol. The van der Waals surface area contributed by atoms with E-state index in [4.69, 9.17) is 14.2 Å². The summed E-state index contributed by atoms with van der Waals surface area (Å²) in [6.45, 7) is 2.45. The van der Waals surface area contributed by atoms with Gasteiger partial charge in [0.15, 0.2) is 11.5 Å². The Morgan fingerprint density at radius 3 is 2.67 bits per heavy atom. The van der Waals surface area contributed by atoms with E-state index in [1.54, 1.807) is 25.3 Å². The van der Waals surface area contributed by atoms with Crippen molar-refractivity contribution in [2.75, 3.05) is 26.1 Å². The molecule has 5 nitrogen and oxygen atoms in total. The molecule has 100 valence electrons. The molecule has 1 aromatic rings. The lowest BCUT2D eigenvalue weighted by atomic mass is 10.2. The van der Waals surface area contributed by atoms with Crippen LogP contribution in [0.25, 0.3) is 0 Å². The summed E-state index contributed by atoms with van der Waals surface area (Å²) in [7, 11) is 3.06. The number of carbonyl (C=O) groups is 1. The number of ether oxygens (including phenoxy) is 3. The molecule has 18 heavy (non-hydrogen) atoms. The van der Waals surface area contributed by atoms with Gasteiger partial charge in [0.1, 0.15) is 0 Å². The van der Waals surface area contributed by atoms with Gasteiger partial charge < -0.3 is 14.2 Å². The highest BCUT2D eigenvalue weighted by molar-refractivity contribution is 5.87. The fraction of sp³-hybridized carbons (Fsp3) is 0.462. The van der Waals surface area contributed by atoms with Gasteiger partial charge in [-0.05, 0) is 18.6 Å². The SMILES string of the molecule is CCCCOC(=O)Nc1cccc(OC)c1OC. The zero-order chi connectivity index (χ0) is 13.4. The molecule has 5 heteroatoms. The molecule has 0 saturated heterocycles. The minimum absolute atomic E-state index is 0.411. The van der Waals surface area contributed by atoms with E-state index in [9.17, 15) is 4.79 Å². The highest BCUT2D eigenvalue weighted by Gasteiger charge is 2.12. The van der Waals surface area contributed by atoms with Crippen molar-refractivity contribution >= 4 is 11.8 Å². The molecule has 0 atom stereocenters. The first kappa shape index (κ1) is 14.2. The van der Waals surface area contributed by atoms with Crippen LogP contribution in [0, 0.1) is 0 Å². The molecule has 0 unspecified atom stereocenters. The number of nitrogens with one attached hydrogen (secondary N) is 1. The molecule has 0 aliphatic rings. The molecule has 1 rings (SSSR count). The van der Waals surface area contributed by atoms with E-state index in [1.165, 1.54) is 7.11 Å². The molecule has 0 spiro atoms. The fourth-order valence-electron chi connectivity index (χ4n) is 1.44. The maximum absolute atomic E-state index is 11.5. The third kappa shape index (κ3) is 3.84. The largest absolute Gasteiger partial charge is 0.493 e. The minimum Gasteiger partial charge on any atom is -0.493 e. The van der Waals surface area contributed by atoms with Crippen molar-refractivity contribution in [2.45, 2.75) is 19.8 Å². The number of benzene rings is 1. The molecule has 0 radical (unpaired) electrons. The summed E-state index contributed by atoms with van der Waals surface area (Å²) in [6.07, 6.45) is 1.34. The van der Waals surface area contributed by atoms with Crippen molar-refractivity contribution < 1.29 is 19.0 Å². The van der Waals surface area contributed by atoms with Crippen molar-refractivity contribution in [2.24, 2.45) is 0 Å². The van der Waals surface area contributed by atoms with Crippen LogP contribution in [-0.2, 0) is 4.74 Å². The van der Waals surface area contributed by atoms with Crippen LogP contribution in [0.5, 0.6) is 11.5 Å². The molecule has 1 aromatic carbocycles. The number of amides is 1. The molecule has 0 fully saturated rings. The van der Waals surface area contributed by atoms with Crippen LogP contribution in [-0.4, -0.2) is 26.9 Å². The number of methoxy groups -OCH3 is 2. The number of hydrogen-bond acceptors (Lipinski definition) is 4. The van der Waals surface area contributed by atoms with Crippen molar-refractivity contribution in [3.8, 4) is 11.5 Å². The van der Waals surface area contributed by atoms with Gasteiger partial charge in [-0.1, -0.05) is 19.4 Å². The standard InChI is InChI=1S/C13H19NO4/c1-4-5-9-18-13(15)14-10-7-6-8-11(16-2)12(10)17-3/h6-8H,4-5,9H2,1-3H3,(H,14,15). The molecule has 0 heterocycles. The molecule has 1 N–H and O–H groups in total. The Hall–Kier alpha value is -1.91. The number of carbonyl (C=O) groups excluding carboxylic acids is 1. The number of anilines is 1. The molecule has 0 bridgehead atoms. The van der Waals surface area contributed by atoms with Gasteiger partial charge in [-0.15, -0.1) is 0 Å². The first-order chi connectivity index (χ1) is 8.72. The van der Waals surface area contributed by atoms with Crippen LogP contribution in [0.1, 0.15) is 19.8 Å². The van der Waals surface area contributed by atoms with E-state index >= 15 is 0 Å². The van der Waals surface area contributed by atoms with Crippen molar-refractivity contribution in [3.05, 3.63) is 18.2 Å². The van der Waals surface area contributed by atoms with Crippen molar-refractivity contribution in [1.29, 1.82) is 0 Å². The second kappa shape index (κ2) is 7.42. The summed E-state index contributed by atoms with van der Waals surface area (Å²) in [5.41, 5.74) is 0.526. The number of rotatable bonds is 6. The summed E-state index contributed by atoms with van der Waals surface area (Å²) in [5.74, 6) is 1.04. The Kier molecular flexibility index (Phi) is 5.84. The smallest absolute Gasteiger partial charge is 0.411 e. The summed E-state index contributed by atoms with van der Waals surface area (Å²) < 4.78 is 15.4. The Bertz CT molecular complexity index is 393. The second-order valence-corrected chi connectivity index (χ2v) is 3.66. The van der Waals surface area contributed by atoms with Crippen molar-refractivity contribution in [1.82, 2.24) is 0 Å². The third-order valence-electron chi connectivity index (χ3n) is 2.37. The van der Waals surface area contributed by atoms with Gasteiger partial charge in [0.2, 0.25) is 0 Å². The summed E-state index contributed by atoms with van der Waals surface area (Å²) >= 11 is 0. The van der Waals surface area contributed by atoms with Crippen LogP contribution in [0.15, 0.2) is 18.2 Å². The minimum atomic E-state index is -0.491. The van der Waals surface area contributed by atoms with Crippen LogP contribution in [0.2, 0.25) is 0 Å². The molecule has 0 saturated carbocycles. The lowest BCUT2D eigenvalue weighted by molar-refractivity contribution is 0.160. The zero-order valence-corrected chi connectivity index (χ0v) is 11.0. The first-order valence-corrected chi connectivity index (χ1v) is 5.87. The van der Waals surface area contributed by atoms with Gasteiger partial charge in [-0.25, -0.2) is 4.79 Å². The Morgan fingerprint density at radius 1 is 1.28 bits per heavy atom. The van der Waals surface area contributed by atoms with Crippen LogP contribution < -0.4 is 14.8 Å². The van der Waals surface area contributed by atoms with Gasteiger partial charge in [0.05, 0.1) is 26.5 Å². The number of hydrogen-bond donors (Lipinski definition) is 1. The maximum atomic E-state index is 11.5. The van der Waals surface area contributed by atoms with Crippen molar-refractivity contribution in [3.63, 3.8) is 0 Å². The zero-order valence-electron chi connectivity index (χ0n) is 11.0. The molecule has 1 amide bonds. The van der Waals surface area contributed by atoms with Crippen LogP contribution in [0.4, 0.5) is 10.5 Å². The summed E-state index contributed by atoms with van der Waals surface area (Å²) in [4.78, 5) is 11.5. The van der Waals surface area contributed by atoms with Crippen LogP contribution in [0.3, 0.4) is 0 Å². The molecular formula is C13H19NO4. The Morgan fingerprint density at radius 2 is 2.06 bits per heavy atom. The van der Waals surface area contributed by atoms with E-state index in [0.717, 1.165) is 12.8 Å². The first-order valence-electron chi connectivity index (χ1n) is 5.87. The van der Waals surface area contributed by atoms with Gasteiger partial charge in [0, 0.05) is 0 Å². The third-order valence-corrected chi connectivity index (χ3v) is 2.37. The van der Waals surface area contributed by atoms with E-state index in [-0.39, 0.29) is 0 Å². The summed E-state index contributed by atoms with van der Waals surface area (Å²) in [5, 5.41) is 2.63. The topological polar surface area (TPSA) is 56.8 Å². The van der Waals surface area contributed by atoms with E-state index < -0.39 is 6.09 Å². The van der Waals surface area contributed by atoms with E-state index in [2.05, 4.69) is 5.32 Å². The molecule has 0 aliphatic heterocycles. The van der Waals surface area contributed by atoms with Gasteiger partial charge in [-0.3, -0.25) is 5.32 Å². The average molecular weight is 253 g/mol. The quantitative estimate of drug-likeness (QED) is 0.792. The van der Waals surface area contributed by atoms with Gasteiger partial charge in [-0.2, -0.15) is 0 Å². The molecule has 0 aromatic heterocycles. The Balaban J connectivity index is 2.68. The Labute approximate surface area is 107 Å². The predicted octanol–water partition coefficient (Wildman–Crippen LogP) is 3.05. The lowest BCUT2D eigenvalue weighted by Crippen LogP contribution is -2.15. The van der Waals surface area contributed by atoms with E-state index in [1.807, 2.05) is 6.92 Å². The number of para-hydroxylation sites is 1. The predicted molar refractivity (Wildman–Crippen MR) is 69.4 cm³/mol. The normalized spacial score (nSPS) is 9.72. The number of unbranched alkanes of at least 4 members (excludes halogenated alkanes) is 1. The maximum Gasteiger partial charge on any atom is 0.411 e. The van der Waals surface area contributed by atoms with Gasteiger partial charge >= 0.3 is 6.09 Å². The molecule has 0 aliphatic carbocycles. The second-order valence-electron chi connectivity index (χ2n) is 3.66. The monoisotopic (exact) mass is 253 g/mol. The highest BCUT2D eigenvalue weighted by Crippen LogP contribution is 2.34. The fourth-order valence-corrected chi connectivity index (χ4v) is 1.44. The van der Waals surface area contributed by atoms with Gasteiger partial charge in [0.25, 0.3) is 0 Å². The lowest BCUT2D eigenvalue weighted by Gasteiger charge is -2.13. The van der Waals surface area contributed by atoms with E-state index in [0.29, 0.717) is 23.8 Å². The average Bonchev–Trinajstić information content (AvgIpc) is 2.38. The summed E-state index contributed by atoms with van der Waals surface area (Å²) in [6, 6.07) is 5.25. The van der Waals surface area contributed by atoms with Crippen LogP contribution >= 0.6 is 0 Å².